The Morgan fingerprint density at radius 1 is 1.25 bits per heavy atom. The molecule has 0 spiro atoms. The van der Waals surface area contributed by atoms with Crippen molar-refractivity contribution in [3.8, 4) is 5.75 Å². The van der Waals surface area contributed by atoms with Crippen molar-refractivity contribution in [2.45, 2.75) is 6.92 Å². The number of aliphatic hydroxyl groups is 2. The number of carboxylic acid groups (broad SMARTS) is 1. The molecule has 20 heavy (non-hydrogen) atoms. The molecule has 0 amide bonds. The molecule has 0 saturated heterocycles. The molecule has 108 valence electrons. The van der Waals surface area contributed by atoms with Crippen molar-refractivity contribution in [3.05, 3.63) is 41.3 Å². The number of carboxylic acids is 1. The number of aliphatic hydroxyl groups excluding tert-OH is 2. The first-order chi connectivity index (χ1) is 9.49. The summed E-state index contributed by atoms with van der Waals surface area (Å²) in [5.74, 6) is -2.95. The third kappa shape index (κ3) is 3.99. The summed E-state index contributed by atoms with van der Waals surface area (Å²) in [6.45, 7) is 0.924. The lowest BCUT2D eigenvalue weighted by atomic mass is 10.2. The summed E-state index contributed by atoms with van der Waals surface area (Å²) in [5.41, 5.74) is -0.508. The van der Waals surface area contributed by atoms with E-state index in [-0.39, 0.29) is 17.9 Å². The zero-order valence-electron chi connectivity index (χ0n) is 10.7. The monoisotopic (exact) mass is 282 g/mol. The minimum Gasteiger partial charge on any atom is -0.481 e. The summed E-state index contributed by atoms with van der Waals surface area (Å²) in [6, 6.07) is 5.25. The maximum atomic E-state index is 11.7. The molecular formula is C13H14O7. The Kier molecular flexibility index (Phi) is 5.55. The molecular weight excluding hydrogens is 268 g/mol. The smallest absolute Gasteiger partial charge is 0.349 e. The molecule has 0 unspecified atom stereocenters. The van der Waals surface area contributed by atoms with Crippen LogP contribution in [0.1, 0.15) is 17.3 Å². The lowest BCUT2D eigenvalue weighted by Crippen LogP contribution is -2.17. The average Bonchev–Trinajstić information content (AvgIpc) is 2.40. The number of hydrogen-bond acceptors (Lipinski definition) is 6. The Bertz CT molecular complexity index is 533. The fraction of sp³-hybridized carbons (Fsp3) is 0.231. The van der Waals surface area contributed by atoms with E-state index in [1.165, 1.54) is 18.2 Å². The second kappa shape index (κ2) is 7.15. The first kappa shape index (κ1) is 15.5. The fourth-order valence-electron chi connectivity index (χ4n) is 1.30. The molecule has 0 saturated carbocycles. The fourth-order valence-corrected chi connectivity index (χ4v) is 1.30. The molecule has 0 aromatic heterocycles. The molecule has 0 heterocycles. The maximum absolute atomic E-state index is 11.7. The van der Waals surface area contributed by atoms with Crippen LogP contribution in [0, 0.1) is 0 Å². The Labute approximate surface area is 114 Å². The van der Waals surface area contributed by atoms with E-state index in [4.69, 9.17) is 19.7 Å². The van der Waals surface area contributed by atoms with Gasteiger partial charge in [0.15, 0.2) is 0 Å². The van der Waals surface area contributed by atoms with Crippen LogP contribution in [0.2, 0.25) is 0 Å². The van der Waals surface area contributed by atoms with Gasteiger partial charge in [-0.1, -0.05) is 6.07 Å². The van der Waals surface area contributed by atoms with Crippen LogP contribution < -0.4 is 4.74 Å². The summed E-state index contributed by atoms with van der Waals surface area (Å²) < 4.78 is 9.56. The predicted molar refractivity (Wildman–Crippen MR) is 67.4 cm³/mol. The van der Waals surface area contributed by atoms with Crippen LogP contribution >= 0.6 is 0 Å². The minimum absolute atomic E-state index is 0.0230. The van der Waals surface area contributed by atoms with Crippen molar-refractivity contribution in [1.82, 2.24) is 0 Å². The van der Waals surface area contributed by atoms with Gasteiger partial charge in [-0.2, -0.15) is 0 Å². The van der Waals surface area contributed by atoms with Crippen molar-refractivity contribution < 1.29 is 34.4 Å². The van der Waals surface area contributed by atoms with Crippen LogP contribution in [-0.2, 0) is 9.53 Å². The van der Waals surface area contributed by atoms with E-state index in [1.807, 2.05) is 0 Å². The van der Waals surface area contributed by atoms with Gasteiger partial charge in [-0.05, 0) is 25.1 Å². The van der Waals surface area contributed by atoms with Crippen LogP contribution in [0.15, 0.2) is 35.8 Å². The van der Waals surface area contributed by atoms with E-state index in [0.29, 0.717) is 0 Å². The number of carbonyl (C=O) groups is 2. The van der Waals surface area contributed by atoms with Gasteiger partial charge in [0.1, 0.15) is 11.3 Å². The molecule has 7 heteroatoms. The molecule has 7 nitrogen and oxygen atoms in total. The average molecular weight is 282 g/mol. The van der Waals surface area contributed by atoms with Crippen molar-refractivity contribution in [2.75, 3.05) is 13.2 Å². The Hall–Kier alpha value is -2.54. The second-order valence-electron chi connectivity index (χ2n) is 3.60. The Morgan fingerprint density at radius 2 is 1.95 bits per heavy atom. The highest BCUT2D eigenvalue weighted by molar-refractivity contribution is 5.91. The largest absolute Gasteiger partial charge is 0.481 e. The van der Waals surface area contributed by atoms with Crippen molar-refractivity contribution in [3.63, 3.8) is 0 Å². The van der Waals surface area contributed by atoms with E-state index >= 15 is 0 Å². The molecule has 0 atom stereocenters. The van der Waals surface area contributed by atoms with E-state index in [2.05, 4.69) is 0 Å². The topological polar surface area (TPSA) is 113 Å². The number of esters is 1. The van der Waals surface area contributed by atoms with E-state index in [9.17, 15) is 14.7 Å². The molecule has 1 aromatic rings. The number of hydrogen-bond donors (Lipinski definition) is 3. The molecule has 3 N–H and O–H groups in total. The van der Waals surface area contributed by atoms with Crippen LogP contribution in [0.4, 0.5) is 0 Å². The van der Waals surface area contributed by atoms with Crippen LogP contribution in [-0.4, -0.2) is 40.5 Å². The van der Waals surface area contributed by atoms with E-state index in [0.717, 1.165) is 6.07 Å². The van der Waals surface area contributed by atoms with Gasteiger partial charge in [-0.15, -0.1) is 0 Å². The summed E-state index contributed by atoms with van der Waals surface area (Å²) in [5, 5.41) is 27.2. The Morgan fingerprint density at radius 3 is 2.50 bits per heavy atom. The molecule has 1 rings (SSSR count). The minimum atomic E-state index is -1.17. The molecule has 0 aliphatic rings. The van der Waals surface area contributed by atoms with Gasteiger partial charge in [-0.3, -0.25) is 0 Å². The van der Waals surface area contributed by atoms with Gasteiger partial charge in [0.2, 0.25) is 0 Å². The molecule has 0 aliphatic carbocycles. The first-order valence-electron chi connectivity index (χ1n) is 5.70. The van der Waals surface area contributed by atoms with E-state index < -0.39 is 30.1 Å². The quantitative estimate of drug-likeness (QED) is 0.310. The van der Waals surface area contributed by atoms with Gasteiger partial charge >= 0.3 is 11.9 Å². The molecule has 0 aliphatic heterocycles. The van der Waals surface area contributed by atoms with Gasteiger partial charge in [0.25, 0.3) is 5.95 Å². The number of carbonyl (C=O) groups excluding carboxylic acids is 1. The lowest BCUT2D eigenvalue weighted by molar-refractivity contribution is -0.131. The zero-order chi connectivity index (χ0) is 15.1. The van der Waals surface area contributed by atoms with Crippen LogP contribution in [0.25, 0.3) is 0 Å². The van der Waals surface area contributed by atoms with Crippen LogP contribution in [0.3, 0.4) is 0 Å². The predicted octanol–water partition coefficient (Wildman–Crippen LogP) is 1.09. The van der Waals surface area contributed by atoms with E-state index in [1.54, 1.807) is 6.92 Å². The standard InChI is InChI=1S/C13H14O7/c1-2-19-12(17)10(7-14)13(18)20-9-5-3-4-8(6-9)11(15)16/h3-6,14,17H,2,7H2,1H3,(H,15,16)/b12-10+. The number of benzene rings is 1. The summed E-state index contributed by atoms with van der Waals surface area (Å²) in [4.78, 5) is 22.5. The molecule has 0 radical (unpaired) electrons. The number of ether oxygens (including phenoxy) is 2. The highest BCUT2D eigenvalue weighted by atomic mass is 16.6. The maximum Gasteiger partial charge on any atom is 0.349 e. The zero-order valence-corrected chi connectivity index (χ0v) is 10.7. The van der Waals surface area contributed by atoms with Crippen molar-refractivity contribution in [1.29, 1.82) is 0 Å². The van der Waals surface area contributed by atoms with Crippen LogP contribution in [0.5, 0.6) is 5.75 Å². The third-order valence-electron chi connectivity index (χ3n) is 2.24. The molecule has 0 fully saturated rings. The highest BCUT2D eigenvalue weighted by Crippen LogP contribution is 2.16. The summed E-state index contributed by atoms with van der Waals surface area (Å²) in [6.07, 6.45) is 0. The molecule has 1 aromatic carbocycles. The first-order valence-corrected chi connectivity index (χ1v) is 5.70. The normalized spacial score (nSPS) is 11.5. The second-order valence-corrected chi connectivity index (χ2v) is 3.60. The summed E-state index contributed by atoms with van der Waals surface area (Å²) in [7, 11) is 0. The van der Waals surface area contributed by atoms with Gasteiger partial charge < -0.3 is 24.8 Å². The van der Waals surface area contributed by atoms with Gasteiger partial charge in [0, 0.05) is 0 Å². The van der Waals surface area contributed by atoms with Gasteiger partial charge in [-0.25, -0.2) is 9.59 Å². The highest BCUT2D eigenvalue weighted by Gasteiger charge is 2.19. The van der Waals surface area contributed by atoms with Gasteiger partial charge in [0.05, 0.1) is 18.8 Å². The number of aromatic carboxylic acids is 1. The SMILES string of the molecule is CCO/C(O)=C(\CO)C(=O)Oc1cccc(C(=O)O)c1. The number of rotatable bonds is 6. The Balaban J connectivity index is 2.92. The summed E-state index contributed by atoms with van der Waals surface area (Å²) >= 11 is 0. The van der Waals surface area contributed by atoms with Crippen molar-refractivity contribution >= 4 is 11.9 Å². The lowest BCUT2D eigenvalue weighted by Gasteiger charge is -2.09. The van der Waals surface area contributed by atoms with Crippen molar-refractivity contribution in [2.24, 2.45) is 0 Å². The third-order valence-corrected chi connectivity index (χ3v) is 2.24. The molecule has 0 bridgehead atoms.